The number of amides is 1. The molecule has 0 aliphatic carbocycles. The summed E-state index contributed by atoms with van der Waals surface area (Å²) in [6.07, 6.45) is 1.01. The van der Waals surface area contributed by atoms with Crippen molar-refractivity contribution in [2.24, 2.45) is 5.92 Å². The summed E-state index contributed by atoms with van der Waals surface area (Å²) in [7, 11) is 2.84. The summed E-state index contributed by atoms with van der Waals surface area (Å²) in [6.45, 7) is 3.75. The highest BCUT2D eigenvalue weighted by Crippen LogP contribution is 2.17. The van der Waals surface area contributed by atoms with Gasteiger partial charge in [-0.2, -0.15) is 0 Å². The van der Waals surface area contributed by atoms with Crippen LogP contribution in [0.3, 0.4) is 0 Å². The van der Waals surface area contributed by atoms with Crippen molar-refractivity contribution >= 4 is 17.8 Å². The van der Waals surface area contributed by atoms with Crippen molar-refractivity contribution in [1.82, 2.24) is 5.32 Å². The molecule has 1 N–H and O–H groups in total. The first kappa shape index (κ1) is 23.3. The van der Waals surface area contributed by atoms with Gasteiger partial charge < -0.3 is 24.3 Å². The van der Waals surface area contributed by atoms with Gasteiger partial charge in [0.1, 0.15) is 17.5 Å². The van der Waals surface area contributed by atoms with Crippen LogP contribution < -0.4 is 14.8 Å². The van der Waals surface area contributed by atoms with Crippen LogP contribution in [0.1, 0.15) is 33.1 Å². The van der Waals surface area contributed by atoms with Gasteiger partial charge in [-0.1, -0.05) is 13.8 Å². The van der Waals surface area contributed by atoms with Gasteiger partial charge in [-0.25, -0.2) is 4.79 Å². The molecule has 1 unspecified atom stereocenters. The first-order chi connectivity index (χ1) is 13.3. The SMILES string of the molecule is COC(=O)C(CC(C)C)NC(=O)COC(=O)CCCOc1ccc(OC)cc1. The molecule has 1 aromatic carbocycles. The van der Waals surface area contributed by atoms with E-state index in [1.54, 1.807) is 31.4 Å². The average molecular weight is 395 g/mol. The molecule has 28 heavy (non-hydrogen) atoms. The van der Waals surface area contributed by atoms with Crippen LogP contribution in [0.15, 0.2) is 24.3 Å². The van der Waals surface area contributed by atoms with Crippen LogP contribution in [0, 0.1) is 5.92 Å². The molecule has 0 spiro atoms. The lowest BCUT2D eigenvalue weighted by Gasteiger charge is -2.18. The average Bonchev–Trinajstić information content (AvgIpc) is 2.68. The molecule has 0 saturated carbocycles. The van der Waals surface area contributed by atoms with E-state index >= 15 is 0 Å². The van der Waals surface area contributed by atoms with Crippen molar-refractivity contribution in [1.29, 1.82) is 0 Å². The first-order valence-corrected chi connectivity index (χ1v) is 9.15. The highest BCUT2D eigenvalue weighted by molar-refractivity contribution is 5.86. The molecular formula is C20H29NO7. The highest BCUT2D eigenvalue weighted by atomic mass is 16.5. The zero-order chi connectivity index (χ0) is 20.9. The predicted octanol–water partition coefficient (Wildman–Crippen LogP) is 2.10. The summed E-state index contributed by atoms with van der Waals surface area (Å²) in [6, 6.07) is 6.35. The molecule has 8 nitrogen and oxygen atoms in total. The van der Waals surface area contributed by atoms with Gasteiger partial charge in [-0.05, 0) is 43.0 Å². The van der Waals surface area contributed by atoms with Gasteiger partial charge in [0.15, 0.2) is 6.61 Å². The van der Waals surface area contributed by atoms with E-state index in [4.69, 9.17) is 14.2 Å². The summed E-state index contributed by atoms with van der Waals surface area (Å²) in [4.78, 5) is 35.3. The lowest BCUT2D eigenvalue weighted by atomic mass is 10.0. The zero-order valence-corrected chi connectivity index (χ0v) is 16.9. The highest BCUT2D eigenvalue weighted by Gasteiger charge is 2.23. The summed E-state index contributed by atoms with van der Waals surface area (Å²) in [5.74, 6) is 0.0251. The minimum atomic E-state index is -0.755. The number of rotatable bonds is 12. The smallest absolute Gasteiger partial charge is 0.328 e. The number of methoxy groups -OCH3 is 2. The van der Waals surface area contributed by atoms with Crippen molar-refractivity contribution in [2.45, 2.75) is 39.2 Å². The molecule has 0 aliphatic rings. The second-order valence-corrected chi connectivity index (χ2v) is 6.56. The minimum absolute atomic E-state index is 0.121. The van der Waals surface area contributed by atoms with Crippen LogP contribution >= 0.6 is 0 Å². The van der Waals surface area contributed by atoms with Gasteiger partial charge in [0, 0.05) is 6.42 Å². The maximum absolute atomic E-state index is 11.9. The molecule has 0 aliphatic heterocycles. The Labute approximate surface area is 165 Å². The summed E-state index contributed by atoms with van der Waals surface area (Å²) in [5, 5.41) is 2.53. The molecule has 0 aromatic heterocycles. The van der Waals surface area contributed by atoms with Crippen LogP contribution in [0.4, 0.5) is 0 Å². The van der Waals surface area contributed by atoms with Gasteiger partial charge in [-0.3, -0.25) is 9.59 Å². The predicted molar refractivity (Wildman–Crippen MR) is 102 cm³/mol. The molecule has 156 valence electrons. The first-order valence-electron chi connectivity index (χ1n) is 9.15. The standard InChI is InChI=1S/C20H29NO7/c1-14(2)12-17(20(24)26-4)21-18(22)13-28-19(23)6-5-11-27-16-9-7-15(25-3)8-10-16/h7-10,14,17H,5-6,11-13H2,1-4H3,(H,21,22). The Morgan fingerprint density at radius 2 is 1.68 bits per heavy atom. The van der Waals surface area contributed by atoms with E-state index in [2.05, 4.69) is 10.1 Å². The van der Waals surface area contributed by atoms with Gasteiger partial charge >= 0.3 is 11.9 Å². The lowest BCUT2D eigenvalue weighted by molar-refractivity contribution is -0.150. The minimum Gasteiger partial charge on any atom is -0.497 e. The Hall–Kier alpha value is -2.77. The Morgan fingerprint density at radius 3 is 2.25 bits per heavy atom. The number of carbonyl (C=O) groups excluding carboxylic acids is 3. The van der Waals surface area contributed by atoms with Crippen molar-refractivity contribution in [2.75, 3.05) is 27.4 Å². The van der Waals surface area contributed by atoms with E-state index < -0.39 is 30.5 Å². The van der Waals surface area contributed by atoms with E-state index in [-0.39, 0.29) is 12.3 Å². The molecule has 1 atom stereocenters. The van der Waals surface area contributed by atoms with Crippen LogP contribution in [0.5, 0.6) is 11.5 Å². The van der Waals surface area contributed by atoms with Gasteiger partial charge in [0.05, 0.1) is 20.8 Å². The van der Waals surface area contributed by atoms with Crippen LogP contribution in [-0.4, -0.2) is 51.3 Å². The van der Waals surface area contributed by atoms with Gasteiger partial charge in [0.2, 0.25) is 0 Å². The van der Waals surface area contributed by atoms with E-state index in [1.165, 1.54) is 7.11 Å². The Morgan fingerprint density at radius 1 is 1.04 bits per heavy atom. The second kappa shape index (κ2) is 12.6. The fraction of sp³-hybridized carbons (Fsp3) is 0.550. The van der Waals surface area contributed by atoms with E-state index in [0.717, 1.165) is 5.75 Å². The number of ether oxygens (including phenoxy) is 4. The van der Waals surface area contributed by atoms with Crippen molar-refractivity contribution < 1.29 is 33.3 Å². The molecule has 1 aromatic rings. The third-order valence-corrected chi connectivity index (χ3v) is 3.75. The molecule has 1 amide bonds. The Balaban J connectivity index is 2.25. The number of benzene rings is 1. The van der Waals surface area contributed by atoms with Crippen molar-refractivity contribution in [3.05, 3.63) is 24.3 Å². The summed E-state index contributed by atoms with van der Waals surface area (Å²) >= 11 is 0. The lowest BCUT2D eigenvalue weighted by Crippen LogP contribution is -2.44. The number of hydrogen-bond acceptors (Lipinski definition) is 7. The van der Waals surface area contributed by atoms with Crippen LogP contribution in [-0.2, 0) is 23.9 Å². The summed E-state index contributed by atoms with van der Waals surface area (Å²) < 4.78 is 20.2. The third kappa shape index (κ3) is 9.25. The number of esters is 2. The summed E-state index contributed by atoms with van der Waals surface area (Å²) in [5.41, 5.74) is 0. The molecule has 8 heteroatoms. The largest absolute Gasteiger partial charge is 0.497 e. The molecule has 0 radical (unpaired) electrons. The Bertz CT molecular complexity index is 628. The van der Waals surface area contributed by atoms with Crippen molar-refractivity contribution in [3.8, 4) is 11.5 Å². The van der Waals surface area contributed by atoms with Crippen molar-refractivity contribution in [3.63, 3.8) is 0 Å². The van der Waals surface area contributed by atoms with Gasteiger partial charge in [0.25, 0.3) is 5.91 Å². The zero-order valence-electron chi connectivity index (χ0n) is 16.9. The quantitative estimate of drug-likeness (QED) is 0.427. The normalized spacial score (nSPS) is 11.5. The maximum atomic E-state index is 11.9. The molecule has 1 rings (SSSR count). The fourth-order valence-electron chi connectivity index (χ4n) is 2.36. The number of carbonyl (C=O) groups is 3. The molecule has 0 heterocycles. The van der Waals surface area contributed by atoms with Crippen LogP contribution in [0.2, 0.25) is 0 Å². The third-order valence-electron chi connectivity index (χ3n) is 3.75. The van der Waals surface area contributed by atoms with Crippen LogP contribution in [0.25, 0.3) is 0 Å². The second-order valence-electron chi connectivity index (χ2n) is 6.56. The topological polar surface area (TPSA) is 100 Å². The number of nitrogens with one attached hydrogen (secondary N) is 1. The van der Waals surface area contributed by atoms with E-state index in [0.29, 0.717) is 25.2 Å². The van der Waals surface area contributed by atoms with E-state index in [9.17, 15) is 14.4 Å². The van der Waals surface area contributed by atoms with E-state index in [1.807, 2.05) is 13.8 Å². The number of hydrogen-bond donors (Lipinski definition) is 1. The van der Waals surface area contributed by atoms with Gasteiger partial charge in [-0.15, -0.1) is 0 Å². The molecular weight excluding hydrogens is 366 g/mol. The Kier molecular flexibility index (Phi) is 10.5. The maximum Gasteiger partial charge on any atom is 0.328 e. The fourth-order valence-corrected chi connectivity index (χ4v) is 2.36. The monoisotopic (exact) mass is 395 g/mol. The molecule has 0 fully saturated rings. The molecule has 0 saturated heterocycles. The molecule has 0 bridgehead atoms.